The largest absolute Gasteiger partial charge is 0.335 e. The van der Waals surface area contributed by atoms with Gasteiger partial charge in [0.05, 0.1) is 6.04 Å². The van der Waals surface area contributed by atoms with E-state index in [0.717, 1.165) is 37.6 Å². The molecule has 0 radical (unpaired) electrons. The van der Waals surface area contributed by atoms with Gasteiger partial charge in [0.15, 0.2) is 0 Å². The molecule has 2 aliphatic rings. The number of likely N-dealkylation sites (tertiary alicyclic amines) is 2. The highest BCUT2D eigenvalue weighted by Gasteiger charge is 2.48. The van der Waals surface area contributed by atoms with Gasteiger partial charge in [-0.2, -0.15) is 0 Å². The van der Waals surface area contributed by atoms with E-state index in [2.05, 4.69) is 64.8 Å². The topological polar surface area (TPSA) is 49.3 Å². The molecular weight excluding hydrogens is 348 g/mol. The second-order valence-corrected chi connectivity index (χ2v) is 9.31. The van der Waals surface area contributed by atoms with Gasteiger partial charge in [0.1, 0.15) is 5.82 Å². The lowest BCUT2D eigenvalue weighted by Crippen LogP contribution is -2.34. The average molecular weight is 379 g/mol. The molecular formula is C23H30N4O. The molecule has 2 fully saturated rings. The fourth-order valence-electron chi connectivity index (χ4n) is 4.75. The van der Waals surface area contributed by atoms with Crippen molar-refractivity contribution in [2.45, 2.75) is 45.7 Å². The highest BCUT2D eigenvalue weighted by molar-refractivity contribution is 5.74. The highest BCUT2D eigenvalue weighted by atomic mass is 16.2. The second-order valence-electron chi connectivity index (χ2n) is 9.31. The Morgan fingerprint density at radius 3 is 2.36 bits per heavy atom. The summed E-state index contributed by atoms with van der Waals surface area (Å²) in [5, 5.41) is 0. The fourth-order valence-corrected chi connectivity index (χ4v) is 4.75. The molecule has 2 saturated heterocycles. The van der Waals surface area contributed by atoms with Crippen molar-refractivity contribution in [1.82, 2.24) is 19.8 Å². The Balaban J connectivity index is 1.48. The van der Waals surface area contributed by atoms with Gasteiger partial charge in [-0.25, -0.2) is 9.97 Å². The summed E-state index contributed by atoms with van der Waals surface area (Å²) < 4.78 is 0. The van der Waals surface area contributed by atoms with Crippen molar-refractivity contribution in [3.8, 4) is 0 Å². The van der Waals surface area contributed by atoms with Gasteiger partial charge in [0.2, 0.25) is 5.91 Å². The summed E-state index contributed by atoms with van der Waals surface area (Å²) in [4.78, 5) is 26.0. The van der Waals surface area contributed by atoms with Crippen LogP contribution in [-0.4, -0.2) is 45.3 Å². The van der Waals surface area contributed by atoms with Gasteiger partial charge in [0.25, 0.3) is 0 Å². The summed E-state index contributed by atoms with van der Waals surface area (Å²) in [6.45, 7) is 11.9. The molecule has 5 nitrogen and oxygen atoms in total. The summed E-state index contributed by atoms with van der Waals surface area (Å²) in [7, 11) is 0. The van der Waals surface area contributed by atoms with E-state index in [1.165, 1.54) is 5.56 Å². The molecule has 148 valence electrons. The van der Waals surface area contributed by atoms with Crippen LogP contribution in [-0.2, 0) is 16.8 Å². The molecule has 5 heteroatoms. The van der Waals surface area contributed by atoms with Crippen molar-refractivity contribution >= 4 is 5.91 Å². The fraction of sp³-hybridized carbons (Fsp3) is 0.522. The smallest absolute Gasteiger partial charge is 0.219 e. The summed E-state index contributed by atoms with van der Waals surface area (Å²) in [6.07, 6.45) is 3.94. The van der Waals surface area contributed by atoms with Crippen LogP contribution in [0.4, 0.5) is 0 Å². The summed E-state index contributed by atoms with van der Waals surface area (Å²) in [5.41, 5.74) is 2.39. The van der Waals surface area contributed by atoms with Crippen LogP contribution in [0.3, 0.4) is 0 Å². The van der Waals surface area contributed by atoms with Crippen molar-refractivity contribution in [3.63, 3.8) is 0 Å². The summed E-state index contributed by atoms with van der Waals surface area (Å²) in [5.74, 6) is 2.08. The van der Waals surface area contributed by atoms with E-state index in [-0.39, 0.29) is 17.4 Å². The first kappa shape index (κ1) is 19.1. The van der Waals surface area contributed by atoms with Crippen LogP contribution in [0.15, 0.2) is 42.7 Å². The first-order valence-corrected chi connectivity index (χ1v) is 10.2. The molecule has 4 rings (SSSR count). The lowest BCUT2D eigenvalue weighted by atomic mass is 9.89. The molecule has 3 heterocycles. The van der Waals surface area contributed by atoms with Gasteiger partial charge in [-0.1, -0.05) is 51.1 Å². The minimum atomic E-state index is -0.0255. The number of carbonyl (C=O) groups is 1. The maximum absolute atomic E-state index is 12.2. The third-order valence-electron chi connectivity index (χ3n) is 6.07. The van der Waals surface area contributed by atoms with Crippen LogP contribution in [0, 0.1) is 11.8 Å². The van der Waals surface area contributed by atoms with Crippen LogP contribution in [0.2, 0.25) is 0 Å². The number of hydrogen-bond donors (Lipinski definition) is 0. The van der Waals surface area contributed by atoms with Crippen LogP contribution >= 0.6 is 0 Å². The number of nitrogens with zero attached hydrogens (tertiary/aromatic N) is 4. The number of aromatic nitrogens is 2. The van der Waals surface area contributed by atoms with Crippen LogP contribution < -0.4 is 0 Å². The van der Waals surface area contributed by atoms with Crippen molar-refractivity contribution < 1.29 is 4.79 Å². The molecule has 0 bridgehead atoms. The molecule has 1 amide bonds. The number of rotatable bonds is 3. The standard InChI is InChI=1S/C23H30N4O/c1-16(28)27-14-19-13-26(12-17-10-24-22(25-11-17)23(2,3)4)15-20(19)21(27)18-8-6-5-7-9-18/h5-11,19-21H,12-15H2,1-4H3/t19-,20-,21+/m1/s1. The van der Waals surface area contributed by atoms with E-state index in [4.69, 9.17) is 0 Å². The van der Waals surface area contributed by atoms with E-state index in [1.807, 2.05) is 18.5 Å². The monoisotopic (exact) mass is 378 g/mol. The van der Waals surface area contributed by atoms with Gasteiger partial charge in [0, 0.05) is 62.4 Å². The highest BCUT2D eigenvalue weighted by Crippen LogP contribution is 2.45. The summed E-state index contributed by atoms with van der Waals surface area (Å²) >= 11 is 0. The average Bonchev–Trinajstić information content (AvgIpc) is 3.19. The van der Waals surface area contributed by atoms with E-state index >= 15 is 0 Å². The number of hydrogen-bond acceptors (Lipinski definition) is 4. The molecule has 28 heavy (non-hydrogen) atoms. The Bertz CT molecular complexity index is 828. The van der Waals surface area contributed by atoms with Gasteiger partial charge in [-0.3, -0.25) is 9.69 Å². The minimum absolute atomic E-state index is 0.0255. The van der Waals surface area contributed by atoms with Gasteiger partial charge in [-0.05, 0) is 11.5 Å². The molecule has 0 aliphatic carbocycles. The zero-order chi connectivity index (χ0) is 19.9. The Labute approximate surface area is 167 Å². The lowest BCUT2D eigenvalue weighted by Gasteiger charge is -2.29. The Morgan fingerprint density at radius 1 is 1.07 bits per heavy atom. The van der Waals surface area contributed by atoms with Gasteiger partial charge in [-0.15, -0.1) is 0 Å². The SMILES string of the molecule is CC(=O)N1C[C@H]2CN(Cc3cnc(C(C)(C)C)nc3)C[C@H]2[C@@H]1c1ccccc1. The number of carbonyl (C=O) groups excluding carboxylic acids is 1. The van der Waals surface area contributed by atoms with Crippen LogP contribution in [0.25, 0.3) is 0 Å². The molecule has 2 aliphatic heterocycles. The molecule has 3 atom stereocenters. The molecule has 0 spiro atoms. The lowest BCUT2D eigenvalue weighted by molar-refractivity contribution is -0.130. The Morgan fingerprint density at radius 2 is 1.75 bits per heavy atom. The van der Waals surface area contributed by atoms with Crippen molar-refractivity contribution in [3.05, 3.63) is 59.7 Å². The molecule has 1 aromatic heterocycles. The third kappa shape index (κ3) is 3.68. The van der Waals surface area contributed by atoms with E-state index < -0.39 is 0 Å². The first-order valence-electron chi connectivity index (χ1n) is 10.2. The number of fused-ring (bicyclic) bond motifs is 1. The van der Waals surface area contributed by atoms with Crippen LogP contribution in [0.5, 0.6) is 0 Å². The number of amides is 1. The van der Waals surface area contributed by atoms with Crippen molar-refractivity contribution in [2.24, 2.45) is 11.8 Å². The second kappa shape index (κ2) is 7.28. The zero-order valence-electron chi connectivity index (χ0n) is 17.3. The minimum Gasteiger partial charge on any atom is -0.335 e. The Kier molecular flexibility index (Phi) is 4.96. The third-order valence-corrected chi connectivity index (χ3v) is 6.07. The molecule has 0 unspecified atom stereocenters. The molecule has 2 aromatic rings. The van der Waals surface area contributed by atoms with Crippen molar-refractivity contribution in [1.29, 1.82) is 0 Å². The van der Waals surface area contributed by atoms with Gasteiger partial charge < -0.3 is 4.90 Å². The Hall–Kier alpha value is -2.27. The normalized spacial score (nSPS) is 25.1. The molecule has 0 N–H and O–H groups in total. The zero-order valence-corrected chi connectivity index (χ0v) is 17.3. The molecule has 1 aromatic carbocycles. The quantitative estimate of drug-likeness (QED) is 0.821. The first-order chi connectivity index (χ1) is 13.3. The van der Waals surface area contributed by atoms with E-state index in [0.29, 0.717) is 11.8 Å². The molecule has 0 saturated carbocycles. The predicted molar refractivity (Wildman–Crippen MR) is 110 cm³/mol. The van der Waals surface area contributed by atoms with Gasteiger partial charge >= 0.3 is 0 Å². The van der Waals surface area contributed by atoms with E-state index in [1.54, 1.807) is 6.92 Å². The summed E-state index contributed by atoms with van der Waals surface area (Å²) in [6, 6.07) is 10.7. The maximum atomic E-state index is 12.2. The number of benzene rings is 1. The van der Waals surface area contributed by atoms with Crippen molar-refractivity contribution in [2.75, 3.05) is 19.6 Å². The maximum Gasteiger partial charge on any atom is 0.219 e. The van der Waals surface area contributed by atoms with Crippen LogP contribution in [0.1, 0.15) is 50.7 Å². The predicted octanol–water partition coefficient (Wildman–Crippen LogP) is 3.43. The van der Waals surface area contributed by atoms with E-state index in [9.17, 15) is 4.79 Å².